The topological polar surface area (TPSA) is 80.9 Å². The number of unbranched alkanes of at least 4 members (excludes halogenated alkanes) is 1. The van der Waals surface area contributed by atoms with Crippen molar-refractivity contribution in [3.63, 3.8) is 0 Å². The number of rotatable bonds is 8. The van der Waals surface area contributed by atoms with Crippen LogP contribution in [0, 0.1) is 0 Å². The molecule has 1 aromatic rings. The summed E-state index contributed by atoms with van der Waals surface area (Å²) in [5, 5.41) is 2.98. The summed E-state index contributed by atoms with van der Waals surface area (Å²) in [4.78, 5) is 15.3. The van der Waals surface area contributed by atoms with Gasteiger partial charge in [-0.3, -0.25) is 4.79 Å². The van der Waals surface area contributed by atoms with Crippen LogP contribution in [0.25, 0.3) is 0 Å². The number of aromatic nitrogens is 2. The maximum absolute atomic E-state index is 11.2. The van der Waals surface area contributed by atoms with Gasteiger partial charge in [-0.15, -0.1) is 0 Å². The molecule has 5 nitrogen and oxygen atoms in total. The lowest BCUT2D eigenvalue weighted by molar-refractivity contribution is -0.123. The van der Waals surface area contributed by atoms with E-state index in [1.54, 1.807) is 25.1 Å². The molecule has 1 rings (SSSR count). The first-order valence-corrected chi connectivity index (χ1v) is 7.22. The zero-order chi connectivity index (χ0) is 12.7. The Labute approximate surface area is 110 Å². The lowest BCUT2D eigenvalue weighted by atomic mass is 9.94. The number of likely N-dealkylation sites (N-methyl/N-ethyl adjacent to an activating group) is 1. The maximum atomic E-state index is 11.2. The lowest BCUT2D eigenvalue weighted by Gasteiger charge is -2.25. The van der Waals surface area contributed by atoms with Crippen molar-refractivity contribution in [1.82, 2.24) is 14.7 Å². The van der Waals surface area contributed by atoms with Crippen molar-refractivity contribution >= 4 is 29.2 Å². The SMILES string of the molecule is CNC(C)(CCCCSc1ncns1)C(N)=O. The summed E-state index contributed by atoms with van der Waals surface area (Å²) < 4.78 is 4.93. The Morgan fingerprint density at radius 1 is 1.65 bits per heavy atom. The van der Waals surface area contributed by atoms with Crippen LogP contribution in [-0.4, -0.2) is 33.6 Å². The summed E-state index contributed by atoms with van der Waals surface area (Å²) in [6.07, 6.45) is 4.33. The summed E-state index contributed by atoms with van der Waals surface area (Å²) >= 11 is 3.11. The maximum Gasteiger partial charge on any atom is 0.237 e. The van der Waals surface area contributed by atoms with E-state index in [9.17, 15) is 4.79 Å². The summed E-state index contributed by atoms with van der Waals surface area (Å²) in [6, 6.07) is 0. The van der Waals surface area contributed by atoms with Crippen LogP contribution < -0.4 is 11.1 Å². The standard InChI is InChI=1S/C10H18N4OS2/c1-10(12-2,8(11)15)5-3-4-6-16-9-13-7-14-17-9/h7,12H,3-6H2,1-2H3,(H2,11,15). The monoisotopic (exact) mass is 274 g/mol. The third-order valence-corrected chi connectivity index (χ3v) is 4.62. The van der Waals surface area contributed by atoms with Crippen molar-refractivity contribution in [3.8, 4) is 0 Å². The van der Waals surface area contributed by atoms with Crippen molar-refractivity contribution < 1.29 is 4.79 Å². The van der Waals surface area contributed by atoms with Gasteiger partial charge in [0.2, 0.25) is 5.91 Å². The molecule has 0 aromatic carbocycles. The number of primary amides is 1. The zero-order valence-electron chi connectivity index (χ0n) is 10.1. The second kappa shape index (κ2) is 6.93. The van der Waals surface area contributed by atoms with Gasteiger partial charge < -0.3 is 11.1 Å². The number of carbonyl (C=O) groups excluding carboxylic acids is 1. The van der Waals surface area contributed by atoms with E-state index in [0.29, 0.717) is 0 Å². The van der Waals surface area contributed by atoms with Gasteiger partial charge in [0, 0.05) is 5.75 Å². The minimum Gasteiger partial charge on any atom is -0.368 e. The van der Waals surface area contributed by atoms with Crippen LogP contribution >= 0.6 is 23.3 Å². The first kappa shape index (κ1) is 14.4. The van der Waals surface area contributed by atoms with Crippen molar-refractivity contribution in [2.75, 3.05) is 12.8 Å². The van der Waals surface area contributed by atoms with E-state index < -0.39 is 5.54 Å². The molecule has 0 radical (unpaired) electrons. The Bertz CT molecular complexity index is 344. The first-order chi connectivity index (χ1) is 8.08. The first-order valence-electron chi connectivity index (χ1n) is 5.47. The molecule has 1 atom stereocenters. The Hall–Kier alpha value is -0.660. The number of thioether (sulfide) groups is 1. The molecule has 1 aromatic heterocycles. The minimum absolute atomic E-state index is 0.295. The van der Waals surface area contributed by atoms with E-state index >= 15 is 0 Å². The number of hydrogen-bond acceptors (Lipinski definition) is 6. The predicted octanol–water partition coefficient (Wildman–Crippen LogP) is 1.26. The van der Waals surface area contributed by atoms with Gasteiger partial charge in [0.05, 0.1) is 5.54 Å². The van der Waals surface area contributed by atoms with Gasteiger partial charge in [-0.1, -0.05) is 18.2 Å². The summed E-state index contributed by atoms with van der Waals surface area (Å²) in [7, 11) is 1.76. The van der Waals surface area contributed by atoms with Crippen molar-refractivity contribution in [1.29, 1.82) is 0 Å². The molecule has 0 spiro atoms. The molecule has 17 heavy (non-hydrogen) atoms. The zero-order valence-corrected chi connectivity index (χ0v) is 11.7. The van der Waals surface area contributed by atoms with Gasteiger partial charge in [-0.05, 0) is 38.3 Å². The van der Waals surface area contributed by atoms with E-state index in [1.807, 2.05) is 6.92 Å². The molecule has 0 saturated heterocycles. The summed E-state index contributed by atoms with van der Waals surface area (Å²) in [5.74, 6) is 0.699. The van der Waals surface area contributed by atoms with Gasteiger partial charge >= 0.3 is 0 Å². The molecule has 0 saturated carbocycles. The van der Waals surface area contributed by atoms with Crippen LogP contribution in [0.4, 0.5) is 0 Å². The molecule has 96 valence electrons. The average Bonchev–Trinajstić information content (AvgIpc) is 2.81. The van der Waals surface area contributed by atoms with Crippen LogP contribution in [0.3, 0.4) is 0 Å². The molecule has 1 unspecified atom stereocenters. The molecule has 0 fully saturated rings. The lowest BCUT2D eigenvalue weighted by Crippen LogP contribution is -2.51. The van der Waals surface area contributed by atoms with E-state index in [1.165, 1.54) is 11.5 Å². The highest BCUT2D eigenvalue weighted by Gasteiger charge is 2.27. The van der Waals surface area contributed by atoms with Crippen LogP contribution in [-0.2, 0) is 4.79 Å². The number of nitrogens with one attached hydrogen (secondary N) is 1. The molecule has 0 bridgehead atoms. The molecular formula is C10H18N4OS2. The third-order valence-electron chi connectivity index (χ3n) is 2.73. The molecule has 0 aliphatic rings. The Morgan fingerprint density at radius 3 is 2.94 bits per heavy atom. The van der Waals surface area contributed by atoms with Gasteiger partial charge in [-0.25, -0.2) is 4.98 Å². The smallest absolute Gasteiger partial charge is 0.237 e. The highest BCUT2D eigenvalue weighted by Crippen LogP contribution is 2.21. The van der Waals surface area contributed by atoms with Gasteiger partial charge in [0.15, 0.2) is 4.34 Å². The van der Waals surface area contributed by atoms with E-state index in [4.69, 9.17) is 5.73 Å². The fraction of sp³-hybridized carbons (Fsp3) is 0.700. The molecule has 0 aliphatic carbocycles. The Balaban J connectivity index is 2.17. The largest absolute Gasteiger partial charge is 0.368 e. The summed E-state index contributed by atoms with van der Waals surface area (Å²) in [6.45, 7) is 1.84. The Kier molecular flexibility index (Phi) is 5.87. The molecular weight excluding hydrogens is 256 g/mol. The highest BCUT2D eigenvalue weighted by molar-refractivity contribution is 8.00. The van der Waals surface area contributed by atoms with Crippen LogP contribution in [0.2, 0.25) is 0 Å². The second-order valence-electron chi connectivity index (χ2n) is 3.96. The van der Waals surface area contributed by atoms with Crippen LogP contribution in [0.15, 0.2) is 10.7 Å². The van der Waals surface area contributed by atoms with Crippen LogP contribution in [0.5, 0.6) is 0 Å². The van der Waals surface area contributed by atoms with Crippen molar-refractivity contribution in [2.45, 2.75) is 36.1 Å². The van der Waals surface area contributed by atoms with E-state index in [2.05, 4.69) is 14.7 Å². The predicted molar refractivity (Wildman–Crippen MR) is 71.1 cm³/mol. The van der Waals surface area contributed by atoms with E-state index in [-0.39, 0.29) is 5.91 Å². The normalized spacial score (nSPS) is 14.5. The molecule has 7 heteroatoms. The van der Waals surface area contributed by atoms with E-state index in [0.717, 1.165) is 29.4 Å². The number of nitrogens with two attached hydrogens (primary N) is 1. The fourth-order valence-electron chi connectivity index (χ4n) is 1.34. The van der Waals surface area contributed by atoms with Gasteiger partial charge in [-0.2, -0.15) is 4.37 Å². The summed E-state index contributed by atoms with van der Waals surface area (Å²) in [5.41, 5.74) is 4.76. The molecule has 1 heterocycles. The van der Waals surface area contributed by atoms with Crippen molar-refractivity contribution in [2.24, 2.45) is 5.73 Å². The quantitative estimate of drug-likeness (QED) is 0.551. The van der Waals surface area contributed by atoms with Gasteiger partial charge in [0.1, 0.15) is 6.33 Å². The molecule has 0 aliphatic heterocycles. The van der Waals surface area contributed by atoms with Crippen LogP contribution in [0.1, 0.15) is 26.2 Å². The number of nitrogens with zero attached hydrogens (tertiary/aromatic N) is 2. The van der Waals surface area contributed by atoms with Gasteiger partial charge in [0.25, 0.3) is 0 Å². The second-order valence-corrected chi connectivity index (χ2v) is 6.08. The molecule has 3 N–H and O–H groups in total. The number of amides is 1. The third kappa shape index (κ3) is 4.61. The minimum atomic E-state index is -0.590. The average molecular weight is 274 g/mol. The molecule has 1 amide bonds. The van der Waals surface area contributed by atoms with Crippen molar-refractivity contribution in [3.05, 3.63) is 6.33 Å². The Morgan fingerprint density at radius 2 is 2.41 bits per heavy atom. The highest BCUT2D eigenvalue weighted by atomic mass is 32.2. The number of carbonyl (C=O) groups is 1. The number of hydrogen-bond donors (Lipinski definition) is 2. The fourth-order valence-corrected chi connectivity index (χ4v) is 2.85.